The molecule has 2 saturated carbocycles. The molecule has 0 heterocycles. The highest BCUT2D eigenvalue weighted by atomic mass is 16.5. The lowest BCUT2D eigenvalue weighted by Gasteiger charge is -2.48. The minimum absolute atomic E-state index is 0.249. The standard InChI is InChI=1S/C20H38O/c1-3-5-13-19(15-9-7-10-16-19)21-20(14-6-4-2)17-11-8-12-18-20/h3-18H2,1-2H3. The lowest BCUT2D eigenvalue weighted by Crippen LogP contribution is -2.47. The van der Waals surface area contributed by atoms with Crippen molar-refractivity contribution in [3.63, 3.8) is 0 Å². The zero-order valence-corrected chi connectivity index (χ0v) is 14.7. The molecule has 0 N–H and O–H groups in total. The predicted molar refractivity (Wildman–Crippen MR) is 91.8 cm³/mol. The van der Waals surface area contributed by atoms with E-state index < -0.39 is 0 Å². The summed E-state index contributed by atoms with van der Waals surface area (Å²) in [6.45, 7) is 4.65. The second-order valence-corrected chi connectivity index (χ2v) is 7.80. The van der Waals surface area contributed by atoms with E-state index in [9.17, 15) is 0 Å². The predicted octanol–water partition coefficient (Wildman–Crippen LogP) is 6.79. The summed E-state index contributed by atoms with van der Waals surface area (Å²) in [5.74, 6) is 0. The molecule has 1 heteroatoms. The lowest BCUT2D eigenvalue weighted by molar-refractivity contribution is -0.192. The van der Waals surface area contributed by atoms with Crippen molar-refractivity contribution in [2.24, 2.45) is 0 Å². The van der Waals surface area contributed by atoms with Crippen molar-refractivity contribution in [2.45, 2.75) is 128 Å². The molecule has 1 nitrogen and oxygen atoms in total. The van der Waals surface area contributed by atoms with Crippen LogP contribution in [0.3, 0.4) is 0 Å². The monoisotopic (exact) mass is 294 g/mol. The van der Waals surface area contributed by atoms with Crippen molar-refractivity contribution < 1.29 is 4.74 Å². The summed E-state index contributed by atoms with van der Waals surface area (Å²) in [5.41, 5.74) is 0.499. The summed E-state index contributed by atoms with van der Waals surface area (Å²) < 4.78 is 7.11. The van der Waals surface area contributed by atoms with E-state index in [1.54, 1.807) is 0 Å². The van der Waals surface area contributed by atoms with Crippen LogP contribution in [0.5, 0.6) is 0 Å². The van der Waals surface area contributed by atoms with Crippen LogP contribution in [0.2, 0.25) is 0 Å². The fourth-order valence-electron chi connectivity index (χ4n) is 4.66. The van der Waals surface area contributed by atoms with Gasteiger partial charge in [0.2, 0.25) is 0 Å². The number of rotatable bonds is 8. The molecule has 0 aromatic carbocycles. The van der Waals surface area contributed by atoms with Gasteiger partial charge in [-0.1, -0.05) is 78.1 Å². The minimum Gasteiger partial charge on any atom is -0.369 e. The third-order valence-corrected chi connectivity index (χ3v) is 5.93. The van der Waals surface area contributed by atoms with Crippen molar-refractivity contribution in [1.82, 2.24) is 0 Å². The van der Waals surface area contributed by atoms with Crippen molar-refractivity contribution in [3.8, 4) is 0 Å². The highest BCUT2D eigenvalue weighted by Crippen LogP contribution is 2.45. The van der Waals surface area contributed by atoms with Gasteiger partial charge in [0.05, 0.1) is 11.2 Å². The quantitative estimate of drug-likeness (QED) is 0.479. The Morgan fingerprint density at radius 3 is 1.33 bits per heavy atom. The summed E-state index contributed by atoms with van der Waals surface area (Å²) >= 11 is 0. The summed E-state index contributed by atoms with van der Waals surface area (Å²) in [6.07, 6.45) is 21.7. The molecule has 0 amide bonds. The van der Waals surface area contributed by atoms with E-state index in [0.717, 1.165) is 0 Å². The zero-order valence-electron chi connectivity index (χ0n) is 14.7. The van der Waals surface area contributed by atoms with E-state index in [4.69, 9.17) is 4.74 Å². The number of ether oxygens (including phenoxy) is 1. The zero-order chi connectivity index (χ0) is 15.0. The van der Waals surface area contributed by atoms with Crippen molar-refractivity contribution >= 4 is 0 Å². The molecule has 124 valence electrons. The van der Waals surface area contributed by atoms with Crippen LogP contribution >= 0.6 is 0 Å². The van der Waals surface area contributed by atoms with E-state index in [1.165, 1.54) is 103 Å². The Balaban J connectivity index is 2.06. The van der Waals surface area contributed by atoms with Crippen molar-refractivity contribution in [2.75, 3.05) is 0 Å². The first-order valence-electron chi connectivity index (χ1n) is 9.94. The van der Waals surface area contributed by atoms with Crippen molar-refractivity contribution in [3.05, 3.63) is 0 Å². The van der Waals surface area contributed by atoms with Gasteiger partial charge in [0.1, 0.15) is 0 Å². The van der Waals surface area contributed by atoms with E-state index in [-0.39, 0.29) is 11.2 Å². The van der Waals surface area contributed by atoms with Gasteiger partial charge in [0.25, 0.3) is 0 Å². The Morgan fingerprint density at radius 1 is 0.619 bits per heavy atom. The summed E-state index contributed by atoms with van der Waals surface area (Å²) in [7, 11) is 0. The molecule has 2 fully saturated rings. The smallest absolute Gasteiger partial charge is 0.0690 e. The molecule has 21 heavy (non-hydrogen) atoms. The summed E-state index contributed by atoms with van der Waals surface area (Å²) in [4.78, 5) is 0. The first-order chi connectivity index (χ1) is 10.2. The normalized spacial score (nSPS) is 24.9. The Labute approximate surface area is 133 Å². The molecule has 2 aliphatic rings. The fraction of sp³-hybridized carbons (Fsp3) is 1.00. The third kappa shape index (κ3) is 4.98. The Bertz CT molecular complexity index is 244. The molecule has 2 aliphatic carbocycles. The van der Waals surface area contributed by atoms with Crippen LogP contribution in [0.4, 0.5) is 0 Å². The Kier molecular flexibility index (Phi) is 7.05. The van der Waals surface area contributed by atoms with Crippen LogP contribution < -0.4 is 0 Å². The second kappa shape index (κ2) is 8.56. The Hall–Kier alpha value is -0.0400. The van der Waals surface area contributed by atoms with Crippen LogP contribution in [0.15, 0.2) is 0 Å². The number of hydrogen-bond acceptors (Lipinski definition) is 1. The first kappa shape index (κ1) is 17.3. The van der Waals surface area contributed by atoms with E-state index in [1.807, 2.05) is 0 Å². The number of unbranched alkanes of at least 4 members (excludes halogenated alkanes) is 2. The van der Waals surface area contributed by atoms with E-state index in [0.29, 0.717) is 0 Å². The summed E-state index contributed by atoms with van der Waals surface area (Å²) in [6, 6.07) is 0. The van der Waals surface area contributed by atoms with Gasteiger partial charge in [-0.05, 0) is 38.5 Å². The van der Waals surface area contributed by atoms with Gasteiger partial charge in [-0.15, -0.1) is 0 Å². The van der Waals surface area contributed by atoms with Gasteiger partial charge in [0, 0.05) is 0 Å². The molecule has 0 aromatic rings. The fourth-order valence-corrected chi connectivity index (χ4v) is 4.66. The summed E-state index contributed by atoms with van der Waals surface area (Å²) in [5, 5.41) is 0. The molecule has 0 aliphatic heterocycles. The Morgan fingerprint density at radius 2 is 1.00 bits per heavy atom. The molecular formula is C20H38O. The molecule has 0 unspecified atom stereocenters. The van der Waals surface area contributed by atoms with Crippen molar-refractivity contribution in [1.29, 1.82) is 0 Å². The molecule has 0 radical (unpaired) electrons. The largest absolute Gasteiger partial charge is 0.369 e. The SMILES string of the molecule is CCCCC1(OC2(CCCC)CCCCC2)CCCCC1. The third-order valence-electron chi connectivity index (χ3n) is 5.93. The van der Waals surface area contributed by atoms with Crippen LogP contribution in [0.1, 0.15) is 117 Å². The maximum atomic E-state index is 7.11. The van der Waals surface area contributed by atoms with E-state index >= 15 is 0 Å². The second-order valence-electron chi connectivity index (χ2n) is 7.80. The molecule has 0 atom stereocenters. The minimum atomic E-state index is 0.249. The van der Waals surface area contributed by atoms with Gasteiger partial charge in [-0.3, -0.25) is 0 Å². The highest BCUT2D eigenvalue weighted by molar-refractivity contribution is 4.92. The molecule has 0 saturated heterocycles. The first-order valence-corrected chi connectivity index (χ1v) is 9.94. The topological polar surface area (TPSA) is 9.23 Å². The molecule has 2 rings (SSSR count). The van der Waals surface area contributed by atoms with Crippen LogP contribution in [0, 0.1) is 0 Å². The van der Waals surface area contributed by atoms with E-state index in [2.05, 4.69) is 13.8 Å². The lowest BCUT2D eigenvalue weighted by atomic mass is 9.76. The van der Waals surface area contributed by atoms with Gasteiger partial charge in [0.15, 0.2) is 0 Å². The highest BCUT2D eigenvalue weighted by Gasteiger charge is 2.42. The van der Waals surface area contributed by atoms with Gasteiger partial charge >= 0.3 is 0 Å². The molecule has 0 spiro atoms. The maximum Gasteiger partial charge on any atom is 0.0690 e. The van der Waals surface area contributed by atoms with Gasteiger partial charge in [-0.2, -0.15) is 0 Å². The maximum absolute atomic E-state index is 7.11. The van der Waals surface area contributed by atoms with Crippen LogP contribution in [-0.4, -0.2) is 11.2 Å². The number of hydrogen-bond donors (Lipinski definition) is 0. The van der Waals surface area contributed by atoms with Gasteiger partial charge < -0.3 is 4.74 Å². The van der Waals surface area contributed by atoms with Gasteiger partial charge in [-0.25, -0.2) is 0 Å². The average molecular weight is 295 g/mol. The van der Waals surface area contributed by atoms with Crippen LogP contribution in [-0.2, 0) is 4.74 Å². The molecule has 0 aromatic heterocycles. The molecular weight excluding hydrogens is 256 g/mol. The average Bonchev–Trinajstić information content (AvgIpc) is 2.53. The van der Waals surface area contributed by atoms with Crippen LogP contribution in [0.25, 0.3) is 0 Å². The molecule has 0 bridgehead atoms.